The molecule has 1 N–H and O–H groups in total. The van der Waals surface area contributed by atoms with E-state index in [1.54, 1.807) is 13.0 Å². The molecule has 140 valence electrons. The zero-order chi connectivity index (χ0) is 19.5. The van der Waals surface area contributed by atoms with Gasteiger partial charge in [0.15, 0.2) is 0 Å². The number of nitrogens with zero attached hydrogens (tertiary/aromatic N) is 3. The summed E-state index contributed by atoms with van der Waals surface area (Å²) in [4.78, 5) is 17.5. The number of carbonyl (C=O) groups excluding carboxylic acids is 1. The Balaban J connectivity index is 1.69. The zero-order valence-electron chi connectivity index (χ0n) is 15.7. The maximum atomic E-state index is 13.2. The Hall–Kier alpha value is -3.67. The van der Waals surface area contributed by atoms with Crippen molar-refractivity contribution in [3.8, 4) is 0 Å². The molecule has 0 aliphatic heterocycles. The maximum Gasteiger partial charge on any atom is 0.270 e. The molecule has 0 unspecified atom stereocenters. The minimum Gasteiger partial charge on any atom is -0.336 e. The molecule has 4 aromatic rings. The van der Waals surface area contributed by atoms with Gasteiger partial charge in [-0.25, -0.2) is 4.98 Å². The van der Waals surface area contributed by atoms with E-state index in [0.29, 0.717) is 34.6 Å². The number of para-hydroxylation sites is 1. The molecule has 0 saturated heterocycles. The first-order chi connectivity index (χ1) is 13.6. The van der Waals surface area contributed by atoms with Gasteiger partial charge in [0.2, 0.25) is 0 Å². The number of nitrogens with one attached hydrogen (secondary N) is 1. The molecule has 6 heteroatoms. The van der Waals surface area contributed by atoms with Crippen LogP contribution in [-0.4, -0.2) is 16.0 Å². The van der Waals surface area contributed by atoms with Crippen LogP contribution in [0.5, 0.6) is 0 Å². The average Bonchev–Trinajstić information content (AvgIpc) is 3.08. The van der Waals surface area contributed by atoms with Crippen LogP contribution in [0.2, 0.25) is 0 Å². The smallest absolute Gasteiger partial charge is 0.270 e. The number of hydrazine groups is 1. The zero-order valence-corrected chi connectivity index (χ0v) is 15.7. The van der Waals surface area contributed by atoms with Crippen LogP contribution in [0.4, 0.5) is 5.69 Å². The van der Waals surface area contributed by atoms with Gasteiger partial charge in [0.1, 0.15) is 0 Å². The van der Waals surface area contributed by atoms with Crippen molar-refractivity contribution in [2.75, 3.05) is 5.01 Å². The molecule has 2 heterocycles. The van der Waals surface area contributed by atoms with Crippen LogP contribution in [0, 0.1) is 13.8 Å². The molecule has 28 heavy (non-hydrogen) atoms. The SMILES string of the molecule is Cc1cc(C(=O)NN(Cc2ccccc2)c2ccccc2)c2c(C)noc2n1. The van der Waals surface area contributed by atoms with E-state index in [-0.39, 0.29) is 5.91 Å². The molecule has 1 amide bonds. The third kappa shape index (κ3) is 3.57. The predicted octanol–water partition coefficient (Wildman–Crippen LogP) is 4.19. The molecule has 0 bridgehead atoms. The van der Waals surface area contributed by atoms with Crippen molar-refractivity contribution in [3.05, 3.63) is 89.2 Å². The van der Waals surface area contributed by atoms with E-state index in [1.165, 1.54) is 0 Å². The van der Waals surface area contributed by atoms with E-state index in [1.807, 2.05) is 72.6 Å². The van der Waals surface area contributed by atoms with Crippen molar-refractivity contribution in [3.63, 3.8) is 0 Å². The molecule has 0 saturated carbocycles. The largest absolute Gasteiger partial charge is 0.336 e. The molecule has 6 nitrogen and oxygen atoms in total. The number of aryl methyl sites for hydroxylation is 2. The van der Waals surface area contributed by atoms with Gasteiger partial charge in [-0.15, -0.1) is 0 Å². The Labute approximate surface area is 162 Å². The second-order valence-corrected chi connectivity index (χ2v) is 6.61. The molecular weight excluding hydrogens is 352 g/mol. The number of fused-ring (bicyclic) bond motifs is 1. The fourth-order valence-corrected chi connectivity index (χ4v) is 3.15. The number of hydrogen-bond donors (Lipinski definition) is 1. The van der Waals surface area contributed by atoms with E-state index in [2.05, 4.69) is 15.6 Å². The van der Waals surface area contributed by atoms with Crippen LogP contribution >= 0.6 is 0 Å². The highest BCUT2D eigenvalue weighted by Gasteiger charge is 2.20. The summed E-state index contributed by atoms with van der Waals surface area (Å²) in [7, 11) is 0. The predicted molar refractivity (Wildman–Crippen MR) is 108 cm³/mol. The Morgan fingerprint density at radius 3 is 2.43 bits per heavy atom. The van der Waals surface area contributed by atoms with E-state index in [4.69, 9.17) is 4.52 Å². The van der Waals surface area contributed by atoms with Crippen molar-refractivity contribution in [2.24, 2.45) is 0 Å². The second kappa shape index (κ2) is 7.52. The summed E-state index contributed by atoms with van der Waals surface area (Å²) in [6.07, 6.45) is 0. The van der Waals surface area contributed by atoms with Crippen molar-refractivity contribution < 1.29 is 9.32 Å². The highest BCUT2D eigenvalue weighted by molar-refractivity contribution is 6.06. The Kier molecular flexibility index (Phi) is 4.76. The summed E-state index contributed by atoms with van der Waals surface area (Å²) in [5.74, 6) is -0.235. The first-order valence-corrected chi connectivity index (χ1v) is 9.03. The molecule has 0 radical (unpaired) electrons. The van der Waals surface area contributed by atoms with Gasteiger partial charge in [-0.2, -0.15) is 0 Å². The number of benzene rings is 2. The van der Waals surface area contributed by atoms with Crippen LogP contribution in [0.1, 0.15) is 27.3 Å². The normalized spacial score (nSPS) is 10.8. The molecule has 0 spiro atoms. The van der Waals surface area contributed by atoms with Crippen LogP contribution in [0.25, 0.3) is 11.1 Å². The van der Waals surface area contributed by atoms with Gasteiger partial charge in [0, 0.05) is 5.69 Å². The van der Waals surface area contributed by atoms with Crippen molar-refractivity contribution in [1.82, 2.24) is 15.6 Å². The van der Waals surface area contributed by atoms with Gasteiger partial charge in [-0.05, 0) is 37.6 Å². The van der Waals surface area contributed by atoms with Crippen LogP contribution in [0.15, 0.2) is 71.3 Å². The lowest BCUT2D eigenvalue weighted by molar-refractivity contribution is 0.0949. The second-order valence-electron chi connectivity index (χ2n) is 6.61. The molecule has 0 aliphatic rings. The topological polar surface area (TPSA) is 71.3 Å². The van der Waals surface area contributed by atoms with Crippen molar-refractivity contribution >= 4 is 22.7 Å². The van der Waals surface area contributed by atoms with Gasteiger partial charge in [0.05, 0.1) is 28.9 Å². The van der Waals surface area contributed by atoms with Gasteiger partial charge < -0.3 is 4.52 Å². The number of hydrogen-bond acceptors (Lipinski definition) is 5. The number of anilines is 1. The summed E-state index contributed by atoms with van der Waals surface area (Å²) in [6.45, 7) is 4.16. The minimum absolute atomic E-state index is 0.235. The van der Waals surface area contributed by atoms with E-state index < -0.39 is 0 Å². The third-order valence-electron chi connectivity index (χ3n) is 4.48. The summed E-state index contributed by atoms with van der Waals surface area (Å²) in [6, 6.07) is 21.5. The van der Waals surface area contributed by atoms with E-state index in [9.17, 15) is 4.79 Å². The maximum absolute atomic E-state index is 13.2. The third-order valence-corrected chi connectivity index (χ3v) is 4.48. The number of rotatable bonds is 5. The van der Waals surface area contributed by atoms with E-state index in [0.717, 1.165) is 11.3 Å². The van der Waals surface area contributed by atoms with Gasteiger partial charge in [-0.1, -0.05) is 53.7 Å². The fourth-order valence-electron chi connectivity index (χ4n) is 3.15. The highest BCUT2D eigenvalue weighted by atomic mass is 16.5. The van der Waals surface area contributed by atoms with Gasteiger partial charge in [-0.3, -0.25) is 15.2 Å². The standard InChI is InChI=1S/C22H20N4O2/c1-15-13-19(20-16(2)25-28-22(20)23-15)21(27)24-26(18-11-7-4-8-12-18)14-17-9-5-3-6-10-17/h3-13H,14H2,1-2H3,(H,24,27). The fraction of sp³-hybridized carbons (Fsp3) is 0.136. The van der Waals surface area contributed by atoms with Crippen LogP contribution < -0.4 is 10.4 Å². The summed E-state index contributed by atoms with van der Waals surface area (Å²) < 4.78 is 5.25. The van der Waals surface area contributed by atoms with Crippen molar-refractivity contribution in [1.29, 1.82) is 0 Å². The Morgan fingerprint density at radius 2 is 1.71 bits per heavy atom. The number of amides is 1. The molecule has 0 aliphatic carbocycles. The van der Waals surface area contributed by atoms with E-state index >= 15 is 0 Å². The lowest BCUT2D eigenvalue weighted by atomic mass is 10.1. The average molecular weight is 372 g/mol. The quantitative estimate of drug-likeness (QED) is 0.532. The Morgan fingerprint density at radius 1 is 1.04 bits per heavy atom. The molecule has 2 aromatic heterocycles. The summed E-state index contributed by atoms with van der Waals surface area (Å²) in [5, 5.41) is 6.42. The van der Waals surface area contributed by atoms with Gasteiger partial charge in [0.25, 0.3) is 11.6 Å². The van der Waals surface area contributed by atoms with Crippen LogP contribution in [0.3, 0.4) is 0 Å². The lowest BCUT2D eigenvalue weighted by Gasteiger charge is -2.25. The number of carbonyl (C=O) groups is 1. The monoisotopic (exact) mass is 372 g/mol. The molecule has 4 rings (SSSR count). The molecular formula is C22H20N4O2. The minimum atomic E-state index is -0.235. The lowest BCUT2D eigenvalue weighted by Crippen LogP contribution is -2.42. The Bertz CT molecular complexity index is 1110. The van der Waals surface area contributed by atoms with Crippen molar-refractivity contribution in [2.45, 2.75) is 20.4 Å². The summed E-state index contributed by atoms with van der Waals surface area (Å²) in [5.41, 5.74) is 7.22. The summed E-state index contributed by atoms with van der Waals surface area (Å²) >= 11 is 0. The number of aromatic nitrogens is 2. The molecule has 0 atom stereocenters. The first-order valence-electron chi connectivity index (χ1n) is 9.03. The molecule has 2 aromatic carbocycles. The number of pyridine rings is 1. The van der Waals surface area contributed by atoms with Crippen LogP contribution in [-0.2, 0) is 6.54 Å². The van der Waals surface area contributed by atoms with Gasteiger partial charge >= 0.3 is 0 Å². The first kappa shape index (κ1) is 17.7. The molecule has 0 fully saturated rings. The highest BCUT2D eigenvalue weighted by Crippen LogP contribution is 2.23.